The van der Waals surface area contributed by atoms with Gasteiger partial charge in [-0.2, -0.15) is 39.5 Å². The summed E-state index contributed by atoms with van der Waals surface area (Å²) >= 11 is 0. The lowest BCUT2D eigenvalue weighted by Crippen LogP contribution is -2.37. The van der Waals surface area contributed by atoms with E-state index in [2.05, 4.69) is 15.0 Å². The molecular formula is C29H24F10N6O. The van der Waals surface area contributed by atoms with Crippen LogP contribution >= 0.6 is 0 Å². The summed E-state index contributed by atoms with van der Waals surface area (Å²) < 4.78 is 134. The molecule has 7 nitrogen and oxygen atoms in total. The molecule has 3 aromatic rings. The Morgan fingerprint density at radius 3 is 2.26 bits per heavy atom. The second-order valence-electron chi connectivity index (χ2n) is 11.0. The molecule has 0 aliphatic carbocycles. The Kier molecular flexibility index (Phi) is 8.40. The average molecular weight is 663 g/mol. The van der Waals surface area contributed by atoms with E-state index in [1.807, 2.05) is 0 Å². The first kappa shape index (κ1) is 32.9. The van der Waals surface area contributed by atoms with Gasteiger partial charge in [0.2, 0.25) is 5.82 Å². The van der Waals surface area contributed by atoms with E-state index >= 15 is 0 Å². The monoisotopic (exact) mass is 662 g/mol. The minimum Gasteiger partial charge on any atom is -0.370 e. The highest BCUT2D eigenvalue weighted by Gasteiger charge is 2.42. The predicted octanol–water partition coefficient (Wildman–Crippen LogP) is 6.57. The molecule has 3 heterocycles. The number of carbonyl (C=O) groups excluding carboxylic acids is 1. The average Bonchev–Trinajstić information content (AvgIpc) is 3.52. The number of carbonyl (C=O) groups is 1. The van der Waals surface area contributed by atoms with Crippen LogP contribution in [0.15, 0.2) is 53.7 Å². The number of guanidine groups is 1. The van der Waals surface area contributed by atoms with E-state index in [9.17, 15) is 48.7 Å². The Morgan fingerprint density at radius 1 is 0.935 bits per heavy atom. The standard InChI is InChI=1S/C29H24F10N6O/c30-19-5-3-18(4-6-19)26(8-1-9-27(31,32)33)15-45(25(40)43-26)12-16-2-7-21(28(34,35)36)20(10-16)23(46)44-13-17-11-41-24(29(37,38)39)42-22(17)14-44/h2-7,10-11H,1,8-9,12-15H2,(H2,40,43)/t26-/m0/s1. The maximum Gasteiger partial charge on any atom is 0.451 e. The third kappa shape index (κ3) is 7.02. The number of halogens is 10. The highest BCUT2D eigenvalue weighted by molar-refractivity contribution is 5.96. The lowest BCUT2D eigenvalue weighted by atomic mass is 9.85. The van der Waals surface area contributed by atoms with Crippen molar-refractivity contribution in [3.8, 4) is 0 Å². The van der Waals surface area contributed by atoms with Gasteiger partial charge in [-0.05, 0) is 48.2 Å². The van der Waals surface area contributed by atoms with Crippen LogP contribution in [0.2, 0.25) is 0 Å². The maximum atomic E-state index is 14.0. The first-order chi connectivity index (χ1) is 21.3. The van der Waals surface area contributed by atoms with Crippen LogP contribution < -0.4 is 5.73 Å². The molecule has 1 atom stereocenters. The molecule has 5 rings (SSSR count). The Labute approximate surface area is 254 Å². The molecule has 2 aromatic carbocycles. The number of hydrogen-bond donors (Lipinski definition) is 1. The van der Waals surface area contributed by atoms with Crippen molar-refractivity contribution in [2.75, 3.05) is 6.54 Å². The van der Waals surface area contributed by atoms with Crippen LogP contribution in [-0.2, 0) is 37.5 Å². The van der Waals surface area contributed by atoms with E-state index in [0.717, 1.165) is 35.4 Å². The topological polar surface area (TPSA) is 87.7 Å². The number of aromatic nitrogens is 2. The van der Waals surface area contributed by atoms with Gasteiger partial charge in [0.15, 0.2) is 5.96 Å². The molecule has 246 valence electrons. The minimum absolute atomic E-state index is 0.0890. The quantitative estimate of drug-likeness (QED) is 0.290. The zero-order valence-electron chi connectivity index (χ0n) is 23.6. The minimum atomic E-state index is -4.97. The van der Waals surface area contributed by atoms with E-state index < -0.39 is 65.7 Å². The smallest absolute Gasteiger partial charge is 0.370 e. The Bertz CT molecular complexity index is 1650. The first-order valence-corrected chi connectivity index (χ1v) is 13.7. The van der Waals surface area contributed by atoms with Crippen molar-refractivity contribution in [2.24, 2.45) is 10.7 Å². The van der Waals surface area contributed by atoms with Crippen molar-refractivity contribution in [1.29, 1.82) is 0 Å². The van der Waals surface area contributed by atoms with E-state index in [0.29, 0.717) is 11.6 Å². The van der Waals surface area contributed by atoms with Crippen molar-refractivity contribution in [3.05, 3.63) is 93.8 Å². The largest absolute Gasteiger partial charge is 0.451 e. The fourth-order valence-corrected chi connectivity index (χ4v) is 5.57. The molecule has 0 saturated carbocycles. The number of hydrogen-bond acceptors (Lipinski definition) is 6. The Morgan fingerprint density at radius 2 is 1.63 bits per heavy atom. The van der Waals surface area contributed by atoms with Gasteiger partial charge in [0.25, 0.3) is 5.91 Å². The zero-order valence-corrected chi connectivity index (χ0v) is 23.6. The molecule has 2 aliphatic heterocycles. The van der Waals surface area contributed by atoms with Crippen molar-refractivity contribution < 1.29 is 48.7 Å². The lowest BCUT2D eigenvalue weighted by Gasteiger charge is -2.29. The third-order valence-corrected chi connectivity index (χ3v) is 7.73. The molecule has 0 spiro atoms. The van der Waals surface area contributed by atoms with Crippen LogP contribution in [-0.4, -0.2) is 44.4 Å². The van der Waals surface area contributed by atoms with Gasteiger partial charge in [-0.15, -0.1) is 0 Å². The fraction of sp³-hybridized carbons (Fsp3) is 0.379. The number of nitrogens with two attached hydrogens (primary N) is 1. The van der Waals surface area contributed by atoms with Crippen LogP contribution in [0.3, 0.4) is 0 Å². The second kappa shape index (κ2) is 11.7. The van der Waals surface area contributed by atoms with Gasteiger partial charge in [-0.25, -0.2) is 19.4 Å². The Hall–Kier alpha value is -4.44. The molecule has 2 aliphatic rings. The van der Waals surface area contributed by atoms with E-state index in [1.54, 1.807) is 0 Å². The number of benzene rings is 2. The number of amides is 1. The Balaban J connectivity index is 1.41. The van der Waals surface area contributed by atoms with Crippen LogP contribution in [0.5, 0.6) is 0 Å². The maximum absolute atomic E-state index is 14.0. The number of alkyl halides is 9. The molecule has 1 aromatic heterocycles. The molecule has 0 unspecified atom stereocenters. The van der Waals surface area contributed by atoms with Crippen molar-refractivity contribution >= 4 is 11.9 Å². The van der Waals surface area contributed by atoms with E-state index in [4.69, 9.17) is 5.73 Å². The molecule has 0 saturated heterocycles. The molecule has 2 N–H and O–H groups in total. The zero-order chi connectivity index (χ0) is 33.7. The van der Waals surface area contributed by atoms with Gasteiger partial charge < -0.3 is 15.5 Å². The summed E-state index contributed by atoms with van der Waals surface area (Å²) in [6.45, 7) is -1.09. The van der Waals surface area contributed by atoms with E-state index in [1.165, 1.54) is 17.0 Å². The van der Waals surface area contributed by atoms with Gasteiger partial charge in [0.1, 0.15) is 11.4 Å². The van der Waals surface area contributed by atoms with Gasteiger partial charge in [0.05, 0.1) is 29.9 Å². The number of aliphatic imine (C=N–C) groups is 1. The summed E-state index contributed by atoms with van der Waals surface area (Å²) in [6.07, 6.45) is -15.0. The summed E-state index contributed by atoms with van der Waals surface area (Å²) in [5.74, 6) is -3.27. The summed E-state index contributed by atoms with van der Waals surface area (Å²) in [6, 6.07) is 7.75. The van der Waals surface area contributed by atoms with Crippen molar-refractivity contribution in [1.82, 2.24) is 19.8 Å². The fourth-order valence-electron chi connectivity index (χ4n) is 5.57. The molecule has 46 heavy (non-hydrogen) atoms. The van der Waals surface area contributed by atoms with Crippen LogP contribution in [0.25, 0.3) is 0 Å². The van der Waals surface area contributed by atoms with Crippen molar-refractivity contribution in [2.45, 2.75) is 63.0 Å². The second-order valence-corrected chi connectivity index (χ2v) is 11.0. The number of fused-ring (bicyclic) bond motifs is 1. The van der Waals surface area contributed by atoms with Crippen LogP contribution in [0.1, 0.15) is 63.4 Å². The molecule has 0 fully saturated rings. The molecule has 0 radical (unpaired) electrons. The molecule has 0 bridgehead atoms. The van der Waals surface area contributed by atoms with Gasteiger partial charge in [0, 0.05) is 31.3 Å². The molecule has 1 amide bonds. The predicted molar refractivity (Wildman–Crippen MR) is 142 cm³/mol. The summed E-state index contributed by atoms with van der Waals surface area (Å²) in [7, 11) is 0. The first-order valence-electron chi connectivity index (χ1n) is 13.7. The normalized spacial score (nSPS) is 18.6. The summed E-state index contributed by atoms with van der Waals surface area (Å²) in [5.41, 5.74) is 3.32. The molecular weight excluding hydrogens is 638 g/mol. The van der Waals surface area contributed by atoms with Crippen LogP contribution in [0.4, 0.5) is 43.9 Å². The SMILES string of the molecule is NC1=N[C@](CCCC(F)(F)F)(c2ccc(F)cc2)CN1Cc1ccc(C(F)(F)F)c(C(=O)N2Cc3cnc(C(F)(F)F)nc3C2)c1. The van der Waals surface area contributed by atoms with Gasteiger partial charge in [-0.1, -0.05) is 18.2 Å². The van der Waals surface area contributed by atoms with Crippen LogP contribution in [0, 0.1) is 5.82 Å². The highest BCUT2D eigenvalue weighted by atomic mass is 19.4. The summed E-state index contributed by atoms with van der Waals surface area (Å²) in [5, 5.41) is 0. The van der Waals surface area contributed by atoms with Gasteiger partial charge >= 0.3 is 18.5 Å². The summed E-state index contributed by atoms with van der Waals surface area (Å²) in [4.78, 5) is 26.8. The lowest BCUT2D eigenvalue weighted by molar-refractivity contribution is -0.145. The van der Waals surface area contributed by atoms with Crippen molar-refractivity contribution in [3.63, 3.8) is 0 Å². The molecule has 17 heteroatoms. The number of nitrogens with zero attached hydrogens (tertiary/aromatic N) is 5. The highest BCUT2D eigenvalue weighted by Crippen LogP contribution is 2.40. The van der Waals surface area contributed by atoms with E-state index in [-0.39, 0.29) is 55.3 Å². The van der Waals surface area contributed by atoms with Gasteiger partial charge in [-0.3, -0.25) is 4.79 Å². The number of rotatable bonds is 7. The third-order valence-electron chi connectivity index (χ3n) is 7.73.